The Morgan fingerprint density at radius 1 is 1.41 bits per heavy atom. The molecule has 1 unspecified atom stereocenters. The molecule has 22 heavy (non-hydrogen) atoms. The first-order valence-electron chi connectivity index (χ1n) is 6.36. The normalized spacial score (nSPS) is 17.4. The SMILES string of the molecule is NC1Cc2cc(Oc3cccc(F)c3F)cnc2N(O)C1=O. The van der Waals surface area contributed by atoms with E-state index < -0.39 is 23.6 Å². The van der Waals surface area contributed by atoms with Crippen molar-refractivity contribution in [3.05, 3.63) is 47.7 Å². The average Bonchev–Trinajstić information content (AvgIpc) is 2.49. The van der Waals surface area contributed by atoms with Gasteiger partial charge in [-0.3, -0.25) is 10.0 Å². The van der Waals surface area contributed by atoms with Gasteiger partial charge in [0.2, 0.25) is 5.82 Å². The van der Waals surface area contributed by atoms with Crippen LogP contribution in [0.1, 0.15) is 5.56 Å². The molecule has 1 atom stereocenters. The summed E-state index contributed by atoms with van der Waals surface area (Å²) in [5.41, 5.74) is 6.06. The lowest BCUT2D eigenvalue weighted by molar-refractivity contribution is -0.125. The van der Waals surface area contributed by atoms with Crippen molar-refractivity contribution in [2.24, 2.45) is 5.73 Å². The molecule has 8 heteroatoms. The van der Waals surface area contributed by atoms with Crippen LogP contribution in [0.15, 0.2) is 30.5 Å². The van der Waals surface area contributed by atoms with E-state index in [1.807, 2.05) is 0 Å². The molecule has 3 N–H and O–H groups in total. The first-order chi connectivity index (χ1) is 10.5. The highest BCUT2D eigenvalue weighted by Gasteiger charge is 2.31. The van der Waals surface area contributed by atoms with Crippen molar-refractivity contribution in [2.75, 3.05) is 5.06 Å². The zero-order valence-electron chi connectivity index (χ0n) is 11.2. The molecule has 0 spiro atoms. The maximum absolute atomic E-state index is 13.6. The molecule has 3 rings (SSSR count). The van der Waals surface area contributed by atoms with Gasteiger partial charge in [-0.25, -0.2) is 9.37 Å². The number of nitrogens with two attached hydrogens (primary N) is 1. The van der Waals surface area contributed by atoms with Crippen molar-refractivity contribution < 1.29 is 23.5 Å². The lowest BCUT2D eigenvalue weighted by Gasteiger charge is -2.26. The van der Waals surface area contributed by atoms with Gasteiger partial charge in [0.05, 0.1) is 12.2 Å². The van der Waals surface area contributed by atoms with E-state index in [9.17, 15) is 18.8 Å². The number of benzene rings is 1. The van der Waals surface area contributed by atoms with Gasteiger partial charge in [-0.1, -0.05) is 6.07 Å². The molecule has 1 amide bonds. The minimum Gasteiger partial charge on any atom is -0.453 e. The Morgan fingerprint density at radius 3 is 2.95 bits per heavy atom. The van der Waals surface area contributed by atoms with Gasteiger partial charge < -0.3 is 10.5 Å². The summed E-state index contributed by atoms with van der Waals surface area (Å²) in [6.07, 6.45) is 1.34. The fourth-order valence-electron chi connectivity index (χ4n) is 2.15. The van der Waals surface area contributed by atoms with Crippen molar-refractivity contribution in [1.82, 2.24) is 4.98 Å². The van der Waals surface area contributed by atoms with Crippen LogP contribution in [0.4, 0.5) is 14.6 Å². The topological polar surface area (TPSA) is 88.7 Å². The predicted molar refractivity (Wildman–Crippen MR) is 71.6 cm³/mol. The Bertz CT molecular complexity index is 754. The Labute approximate surface area is 123 Å². The molecule has 0 bridgehead atoms. The summed E-state index contributed by atoms with van der Waals surface area (Å²) in [5.74, 6) is -2.92. The molecule has 6 nitrogen and oxygen atoms in total. The lowest BCUT2D eigenvalue weighted by atomic mass is 10.0. The third-order valence-electron chi connectivity index (χ3n) is 3.23. The van der Waals surface area contributed by atoms with E-state index in [1.54, 1.807) is 0 Å². The van der Waals surface area contributed by atoms with Gasteiger partial charge in [0.1, 0.15) is 5.75 Å². The van der Waals surface area contributed by atoms with Crippen LogP contribution in [0.25, 0.3) is 0 Å². The summed E-state index contributed by atoms with van der Waals surface area (Å²) in [5, 5.41) is 10.0. The second-order valence-corrected chi connectivity index (χ2v) is 4.77. The zero-order chi connectivity index (χ0) is 15.9. The Balaban J connectivity index is 1.93. The Kier molecular flexibility index (Phi) is 3.47. The van der Waals surface area contributed by atoms with E-state index in [2.05, 4.69) is 4.98 Å². The molecule has 2 aromatic rings. The monoisotopic (exact) mass is 307 g/mol. The van der Waals surface area contributed by atoms with E-state index in [4.69, 9.17) is 10.5 Å². The second kappa shape index (κ2) is 5.32. The summed E-state index contributed by atoms with van der Waals surface area (Å²) in [6.45, 7) is 0. The molecular weight excluding hydrogens is 296 g/mol. The fourth-order valence-corrected chi connectivity index (χ4v) is 2.15. The molecule has 0 aliphatic carbocycles. The number of hydrogen-bond acceptors (Lipinski definition) is 5. The van der Waals surface area contributed by atoms with Gasteiger partial charge >= 0.3 is 0 Å². The van der Waals surface area contributed by atoms with E-state index in [0.29, 0.717) is 10.6 Å². The number of amides is 1. The number of pyridine rings is 1. The summed E-state index contributed by atoms with van der Waals surface area (Å²) in [4.78, 5) is 15.4. The molecule has 1 aliphatic rings. The van der Waals surface area contributed by atoms with Gasteiger partial charge in [0.25, 0.3) is 5.91 Å². The third kappa shape index (κ3) is 2.38. The van der Waals surface area contributed by atoms with Crippen molar-refractivity contribution >= 4 is 11.7 Å². The van der Waals surface area contributed by atoms with Gasteiger partial charge in [-0.2, -0.15) is 9.45 Å². The van der Waals surface area contributed by atoms with Gasteiger partial charge in [-0.05, 0) is 18.2 Å². The van der Waals surface area contributed by atoms with Gasteiger partial charge in [0.15, 0.2) is 17.4 Å². The van der Waals surface area contributed by atoms with Crippen LogP contribution in [0.2, 0.25) is 0 Å². The first kappa shape index (κ1) is 14.4. The Morgan fingerprint density at radius 2 is 2.18 bits per heavy atom. The summed E-state index contributed by atoms with van der Waals surface area (Å²) in [6, 6.07) is 4.11. The smallest absolute Gasteiger partial charge is 0.269 e. The van der Waals surface area contributed by atoms with Crippen LogP contribution in [-0.4, -0.2) is 22.1 Å². The molecule has 1 aromatic heterocycles. The number of carbonyl (C=O) groups is 1. The number of hydroxylamine groups is 1. The predicted octanol–water partition coefficient (Wildman–Crippen LogP) is 1.76. The first-order valence-corrected chi connectivity index (χ1v) is 6.36. The molecule has 2 heterocycles. The molecule has 1 aromatic carbocycles. The van der Waals surface area contributed by atoms with Crippen LogP contribution >= 0.6 is 0 Å². The van der Waals surface area contributed by atoms with E-state index in [1.165, 1.54) is 24.4 Å². The largest absolute Gasteiger partial charge is 0.453 e. The highest BCUT2D eigenvalue weighted by Crippen LogP contribution is 2.30. The number of carbonyl (C=O) groups excluding carboxylic acids is 1. The van der Waals surface area contributed by atoms with Crippen molar-refractivity contribution in [3.8, 4) is 11.5 Å². The lowest BCUT2D eigenvalue weighted by Crippen LogP contribution is -2.47. The average molecular weight is 307 g/mol. The molecule has 0 saturated carbocycles. The van der Waals surface area contributed by atoms with Crippen LogP contribution in [0.3, 0.4) is 0 Å². The van der Waals surface area contributed by atoms with E-state index in [0.717, 1.165) is 6.07 Å². The van der Waals surface area contributed by atoms with Crippen LogP contribution < -0.4 is 15.5 Å². The minimum absolute atomic E-state index is 0.0405. The zero-order valence-corrected chi connectivity index (χ0v) is 11.2. The third-order valence-corrected chi connectivity index (χ3v) is 3.23. The molecular formula is C14H11F2N3O3. The number of aromatic nitrogens is 1. The number of anilines is 1. The number of halogens is 2. The molecule has 1 aliphatic heterocycles. The maximum atomic E-state index is 13.6. The molecule has 0 radical (unpaired) electrons. The van der Waals surface area contributed by atoms with E-state index >= 15 is 0 Å². The quantitative estimate of drug-likeness (QED) is 0.825. The number of hydrogen-bond donors (Lipinski definition) is 2. The summed E-state index contributed by atoms with van der Waals surface area (Å²) in [7, 11) is 0. The highest BCUT2D eigenvalue weighted by atomic mass is 19.2. The van der Waals surface area contributed by atoms with Crippen molar-refractivity contribution in [1.29, 1.82) is 0 Å². The minimum atomic E-state index is -1.11. The van der Waals surface area contributed by atoms with Crippen molar-refractivity contribution in [2.45, 2.75) is 12.5 Å². The number of rotatable bonds is 2. The molecule has 0 saturated heterocycles. The number of ether oxygens (including phenoxy) is 1. The standard InChI is InChI=1S/C14H11F2N3O3/c15-9-2-1-3-11(12(9)16)22-8-4-7-5-10(17)14(20)19(21)13(7)18-6-8/h1-4,6,10,21H,5,17H2. The molecule has 114 valence electrons. The van der Waals surface area contributed by atoms with Gasteiger partial charge in [-0.15, -0.1) is 0 Å². The van der Waals surface area contributed by atoms with E-state index in [-0.39, 0.29) is 23.7 Å². The second-order valence-electron chi connectivity index (χ2n) is 4.77. The summed E-state index contributed by atoms with van der Waals surface area (Å²) >= 11 is 0. The summed E-state index contributed by atoms with van der Waals surface area (Å²) < 4.78 is 32.0. The number of fused-ring (bicyclic) bond motifs is 1. The van der Waals surface area contributed by atoms with Crippen LogP contribution in [0.5, 0.6) is 11.5 Å². The molecule has 0 fully saturated rings. The number of nitrogens with zero attached hydrogens (tertiary/aromatic N) is 2. The maximum Gasteiger partial charge on any atom is 0.269 e. The highest BCUT2D eigenvalue weighted by molar-refractivity contribution is 5.97. The van der Waals surface area contributed by atoms with Crippen molar-refractivity contribution in [3.63, 3.8) is 0 Å². The Hall–Kier alpha value is -2.58. The fraction of sp³-hybridized carbons (Fsp3) is 0.143. The van der Waals surface area contributed by atoms with Crippen LogP contribution in [-0.2, 0) is 11.2 Å². The van der Waals surface area contributed by atoms with Gasteiger partial charge in [0, 0.05) is 12.0 Å². The van der Waals surface area contributed by atoms with Crippen LogP contribution in [0, 0.1) is 11.6 Å².